The van der Waals surface area contributed by atoms with E-state index in [-0.39, 0.29) is 11.1 Å². The summed E-state index contributed by atoms with van der Waals surface area (Å²) in [6.07, 6.45) is -5.01. The summed E-state index contributed by atoms with van der Waals surface area (Å²) in [6.45, 7) is 0. The lowest BCUT2D eigenvalue weighted by Crippen LogP contribution is -2.15. The number of halogens is 6. The number of hydrogen-bond acceptors (Lipinski definition) is 5. The number of carbonyl (C=O) groups excluding carboxylic acids is 1. The van der Waals surface area contributed by atoms with E-state index in [1.54, 1.807) is 0 Å². The molecule has 0 radical (unpaired) electrons. The summed E-state index contributed by atoms with van der Waals surface area (Å²) in [5, 5.41) is 4.02. The van der Waals surface area contributed by atoms with Gasteiger partial charge in [-0.1, -0.05) is 36.4 Å². The Morgan fingerprint density at radius 1 is 0.833 bits per heavy atom. The minimum Gasteiger partial charge on any atom is -0.366 e. The molecule has 0 aliphatic carbocycles. The third-order valence-electron chi connectivity index (χ3n) is 4.97. The Morgan fingerprint density at radius 3 is 1.92 bits per heavy atom. The Hall–Kier alpha value is -4.55. The largest absolute Gasteiger partial charge is 0.417 e. The first kappa shape index (κ1) is 24.6. The molecule has 0 saturated heterocycles. The zero-order valence-electron chi connectivity index (χ0n) is 17.9. The quantitative estimate of drug-likeness (QED) is 0.307. The summed E-state index contributed by atoms with van der Waals surface area (Å²) in [5.74, 6) is -1.99. The molecule has 36 heavy (non-hydrogen) atoms. The third kappa shape index (κ3) is 4.94. The van der Waals surface area contributed by atoms with E-state index < -0.39 is 52.2 Å². The van der Waals surface area contributed by atoms with Gasteiger partial charge in [-0.2, -0.15) is 26.3 Å². The van der Waals surface area contributed by atoms with Gasteiger partial charge in [-0.3, -0.25) is 4.79 Å². The second kappa shape index (κ2) is 9.24. The highest BCUT2D eigenvalue weighted by Crippen LogP contribution is 2.39. The molecule has 0 bridgehead atoms. The molecule has 0 fully saturated rings. The number of nitrogens with zero attached hydrogens (tertiary/aromatic N) is 5. The van der Waals surface area contributed by atoms with Crippen LogP contribution in [0.1, 0.15) is 16.7 Å². The van der Waals surface area contributed by atoms with Crippen molar-refractivity contribution in [1.29, 1.82) is 0 Å². The number of carbonyl (C=O) groups is 1. The first-order chi connectivity index (χ1) is 17.0. The van der Waals surface area contributed by atoms with Crippen LogP contribution in [0, 0.1) is 0 Å². The van der Waals surface area contributed by atoms with E-state index in [0.717, 1.165) is 47.3 Å². The molecule has 0 saturated carbocycles. The Morgan fingerprint density at radius 2 is 1.36 bits per heavy atom. The van der Waals surface area contributed by atoms with Crippen molar-refractivity contribution in [2.75, 3.05) is 0 Å². The maximum atomic E-state index is 13.8. The normalized spacial score (nSPS) is 12.6. The van der Waals surface area contributed by atoms with Gasteiger partial charge in [0.2, 0.25) is 0 Å². The van der Waals surface area contributed by atoms with Gasteiger partial charge in [0.05, 0.1) is 16.7 Å². The maximum absolute atomic E-state index is 13.8. The molecule has 0 aliphatic heterocycles. The summed E-state index contributed by atoms with van der Waals surface area (Å²) >= 11 is 0. The van der Waals surface area contributed by atoms with Crippen LogP contribution < -0.4 is 5.73 Å². The van der Waals surface area contributed by atoms with Crippen LogP contribution in [0.15, 0.2) is 67.3 Å². The molecule has 0 unspecified atom stereocenters. The monoisotopic (exact) mass is 504 g/mol. The Labute approximate surface area is 198 Å². The first-order valence-electron chi connectivity index (χ1n) is 10.0. The predicted octanol–water partition coefficient (Wildman–Crippen LogP) is 4.92. The average Bonchev–Trinajstić information content (AvgIpc) is 3.25. The molecular weight excluding hydrogens is 490 g/mol. The highest BCUT2D eigenvalue weighted by atomic mass is 19.4. The number of hydrogen-bond donors (Lipinski definition) is 1. The Balaban J connectivity index is 2.02. The fourth-order valence-electron chi connectivity index (χ4n) is 3.40. The van der Waals surface area contributed by atoms with Crippen molar-refractivity contribution in [2.45, 2.75) is 12.4 Å². The molecule has 2 heterocycles. The Bertz CT molecular complexity index is 1440. The van der Waals surface area contributed by atoms with Crippen LogP contribution in [0.25, 0.3) is 34.5 Å². The van der Waals surface area contributed by atoms with Crippen molar-refractivity contribution in [3.05, 3.63) is 83.9 Å². The van der Waals surface area contributed by atoms with Gasteiger partial charge in [-0.05, 0) is 12.1 Å². The standard InChI is InChI=1S/C23H14F6N6O/c24-22(25,26)17-7-3-1-5-14(17)20-33-21(15-6-2-4-8-18(15)23(27,28)29)35(34-20)11-16(19(30)36)13-9-31-12-32-10-13/h1-12H,(H2,30,36)/b16-11-. The van der Waals surface area contributed by atoms with Crippen LogP contribution in [-0.4, -0.2) is 30.6 Å². The van der Waals surface area contributed by atoms with Gasteiger partial charge in [0.1, 0.15) is 6.33 Å². The molecular formula is C23H14F6N6O. The van der Waals surface area contributed by atoms with Crippen molar-refractivity contribution in [1.82, 2.24) is 24.7 Å². The molecule has 4 aromatic rings. The summed E-state index contributed by atoms with van der Waals surface area (Å²) in [4.78, 5) is 23.7. The summed E-state index contributed by atoms with van der Waals surface area (Å²) in [7, 11) is 0. The minimum atomic E-state index is -4.82. The van der Waals surface area contributed by atoms with E-state index in [2.05, 4.69) is 20.1 Å². The predicted molar refractivity (Wildman–Crippen MR) is 116 cm³/mol. The maximum Gasteiger partial charge on any atom is 0.417 e. The number of primary amides is 1. The zero-order chi connectivity index (χ0) is 26.1. The van der Waals surface area contributed by atoms with E-state index in [0.29, 0.717) is 0 Å². The molecule has 1 amide bonds. The van der Waals surface area contributed by atoms with Gasteiger partial charge in [0.15, 0.2) is 11.6 Å². The molecule has 7 nitrogen and oxygen atoms in total. The van der Waals surface area contributed by atoms with E-state index in [1.807, 2.05) is 0 Å². The van der Waals surface area contributed by atoms with Crippen LogP contribution in [0.2, 0.25) is 0 Å². The number of rotatable bonds is 5. The zero-order valence-corrected chi connectivity index (χ0v) is 17.9. The summed E-state index contributed by atoms with van der Waals surface area (Å²) in [6, 6.07) is 8.69. The van der Waals surface area contributed by atoms with Gasteiger partial charge < -0.3 is 5.73 Å². The topological polar surface area (TPSA) is 99.6 Å². The van der Waals surface area contributed by atoms with Gasteiger partial charge in [0.25, 0.3) is 5.91 Å². The first-order valence-corrected chi connectivity index (χ1v) is 10.0. The number of amides is 1. The molecule has 2 aromatic carbocycles. The van der Waals surface area contributed by atoms with Gasteiger partial charge in [0, 0.05) is 35.3 Å². The highest BCUT2D eigenvalue weighted by Gasteiger charge is 2.37. The van der Waals surface area contributed by atoms with Crippen molar-refractivity contribution < 1.29 is 31.1 Å². The van der Waals surface area contributed by atoms with E-state index in [9.17, 15) is 31.1 Å². The molecule has 184 valence electrons. The van der Waals surface area contributed by atoms with Gasteiger partial charge in [-0.15, -0.1) is 5.10 Å². The van der Waals surface area contributed by atoms with Crippen molar-refractivity contribution in [2.24, 2.45) is 5.73 Å². The van der Waals surface area contributed by atoms with Crippen LogP contribution in [0.5, 0.6) is 0 Å². The molecule has 4 rings (SSSR count). The van der Waals surface area contributed by atoms with Crippen molar-refractivity contribution >= 4 is 17.7 Å². The second-order valence-corrected chi connectivity index (χ2v) is 7.32. The Kier molecular flexibility index (Phi) is 6.31. The molecule has 0 atom stereocenters. The number of aromatic nitrogens is 5. The van der Waals surface area contributed by atoms with Crippen LogP contribution in [-0.2, 0) is 17.1 Å². The fraction of sp³-hybridized carbons (Fsp3) is 0.0870. The molecule has 2 N–H and O–H groups in total. The van der Waals surface area contributed by atoms with E-state index >= 15 is 0 Å². The molecule has 0 aliphatic rings. The van der Waals surface area contributed by atoms with Crippen LogP contribution >= 0.6 is 0 Å². The fourth-order valence-corrected chi connectivity index (χ4v) is 3.40. The molecule has 13 heteroatoms. The molecule has 2 aromatic heterocycles. The van der Waals surface area contributed by atoms with Crippen molar-refractivity contribution in [3.63, 3.8) is 0 Å². The van der Waals surface area contributed by atoms with Crippen molar-refractivity contribution in [3.8, 4) is 22.8 Å². The van der Waals surface area contributed by atoms with E-state index in [1.165, 1.54) is 30.9 Å². The van der Waals surface area contributed by atoms with Gasteiger partial charge >= 0.3 is 12.4 Å². The smallest absolute Gasteiger partial charge is 0.366 e. The average molecular weight is 504 g/mol. The van der Waals surface area contributed by atoms with Crippen LogP contribution in [0.4, 0.5) is 26.3 Å². The van der Waals surface area contributed by atoms with Crippen LogP contribution in [0.3, 0.4) is 0 Å². The van der Waals surface area contributed by atoms with E-state index in [4.69, 9.17) is 5.73 Å². The number of alkyl halides is 6. The summed E-state index contributed by atoms with van der Waals surface area (Å²) in [5.41, 5.74) is 2.16. The lowest BCUT2D eigenvalue weighted by Gasteiger charge is -2.12. The minimum absolute atomic E-state index is 0.104. The lowest BCUT2D eigenvalue weighted by molar-refractivity contribution is -0.137. The summed E-state index contributed by atoms with van der Waals surface area (Å²) < 4.78 is 82.9. The number of benzene rings is 2. The second-order valence-electron chi connectivity index (χ2n) is 7.32. The SMILES string of the molecule is NC(=O)/C(=C\n1nc(-c2ccccc2C(F)(F)F)nc1-c1ccccc1C(F)(F)F)c1cncnc1. The third-order valence-corrected chi connectivity index (χ3v) is 4.97. The van der Waals surface area contributed by atoms with Gasteiger partial charge in [-0.25, -0.2) is 19.6 Å². The lowest BCUT2D eigenvalue weighted by atomic mass is 10.1. The number of nitrogens with two attached hydrogens (primary N) is 1. The highest BCUT2D eigenvalue weighted by molar-refractivity contribution is 6.22. The molecule has 0 spiro atoms.